The highest BCUT2D eigenvalue weighted by atomic mass is 19.4. The lowest BCUT2D eigenvalue weighted by molar-refractivity contribution is -0.143. The molecule has 134 valence electrons. The zero-order valence-electron chi connectivity index (χ0n) is 12.4. The number of nitrogens with zero attached hydrogens (tertiary/aromatic N) is 1. The van der Waals surface area contributed by atoms with Crippen LogP contribution in [0.2, 0.25) is 0 Å². The number of hydrogen-bond acceptors (Lipinski definition) is 1. The van der Waals surface area contributed by atoms with E-state index in [1.807, 2.05) is 0 Å². The van der Waals surface area contributed by atoms with Crippen LogP contribution in [0.4, 0.5) is 31.1 Å². The third kappa shape index (κ3) is 4.55. The lowest BCUT2D eigenvalue weighted by Crippen LogP contribution is -2.37. The summed E-state index contributed by atoms with van der Waals surface area (Å²) in [6.07, 6.45) is -9.92. The molecule has 1 aliphatic heterocycles. The van der Waals surface area contributed by atoms with Gasteiger partial charge in [-0.25, -0.2) is 4.79 Å². The highest BCUT2D eigenvalue weighted by Gasteiger charge is 2.37. The fraction of sp³-hybridized carbons (Fsp3) is 0.533. The minimum Gasteiger partial charge on any atom is -0.465 e. The summed E-state index contributed by atoms with van der Waals surface area (Å²) in [5, 5.41) is 8.84. The van der Waals surface area contributed by atoms with Gasteiger partial charge in [0, 0.05) is 13.1 Å². The first-order chi connectivity index (χ1) is 11.0. The average Bonchev–Trinajstić information content (AvgIpc) is 2.45. The SMILES string of the molecule is O=C(O)N1CCC(Cc2cc(C(F)(F)F)cc(C(F)(F)F)c2)CC1. The maximum atomic E-state index is 12.8. The molecule has 0 aromatic heterocycles. The van der Waals surface area contributed by atoms with Crippen molar-refractivity contribution >= 4 is 6.09 Å². The Labute approximate surface area is 133 Å². The first-order valence-electron chi connectivity index (χ1n) is 7.23. The highest BCUT2D eigenvalue weighted by Crippen LogP contribution is 2.37. The van der Waals surface area contributed by atoms with Gasteiger partial charge in [-0.2, -0.15) is 26.3 Å². The summed E-state index contributed by atoms with van der Waals surface area (Å²) >= 11 is 0. The minimum atomic E-state index is -4.86. The molecule has 1 fully saturated rings. The summed E-state index contributed by atoms with van der Waals surface area (Å²) in [7, 11) is 0. The third-order valence-corrected chi connectivity index (χ3v) is 4.06. The molecule has 0 radical (unpaired) electrons. The van der Waals surface area contributed by atoms with E-state index in [2.05, 4.69) is 0 Å². The number of benzene rings is 1. The van der Waals surface area contributed by atoms with Gasteiger partial charge in [-0.1, -0.05) is 0 Å². The number of likely N-dealkylation sites (tertiary alicyclic amines) is 1. The monoisotopic (exact) mass is 355 g/mol. The topological polar surface area (TPSA) is 40.5 Å². The summed E-state index contributed by atoms with van der Waals surface area (Å²) in [4.78, 5) is 12.0. The van der Waals surface area contributed by atoms with Gasteiger partial charge in [-0.15, -0.1) is 0 Å². The molecule has 1 aliphatic rings. The number of alkyl halides is 6. The van der Waals surface area contributed by atoms with Crippen LogP contribution in [0.1, 0.15) is 29.5 Å². The van der Waals surface area contributed by atoms with Crippen molar-refractivity contribution in [2.75, 3.05) is 13.1 Å². The van der Waals surface area contributed by atoms with Crippen LogP contribution >= 0.6 is 0 Å². The van der Waals surface area contributed by atoms with Gasteiger partial charge in [0.15, 0.2) is 0 Å². The van der Waals surface area contributed by atoms with Gasteiger partial charge in [0.05, 0.1) is 11.1 Å². The second-order valence-electron chi connectivity index (χ2n) is 5.83. The zero-order valence-corrected chi connectivity index (χ0v) is 12.4. The summed E-state index contributed by atoms with van der Waals surface area (Å²) < 4.78 is 76.9. The number of piperidine rings is 1. The van der Waals surface area contributed by atoms with E-state index < -0.39 is 29.6 Å². The van der Waals surface area contributed by atoms with Gasteiger partial charge >= 0.3 is 18.4 Å². The van der Waals surface area contributed by atoms with E-state index in [1.165, 1.54) is 4.90 Å². The van der Waals surface area contributed by atoms with Crippen LogP contribution in [0, 0.1) is 5.92 Å². The molecule has 2 rings (SSSR count). The molecule has 0 saturated carbocycles. The first-order valence-corrected chi connectivity index (χ1v) is 7.23. The lowest BCUT2D eigenvalue weighted by atomic mass is 9.89. The van der Waals surface area contributed by atoms with Crippen molar-refractivity contribution < 1.29 is 36.2 Å². The molecule has 0 atom stereocenters. The predicted octanol–water partition coefficient (Wildman–Crippen LogP) is 4.66. The van der Waals surface area contributed by atoms with E-state index in [1.54, 1.807) is 0 Å². The third-order valence-electron chi connectivity index (χ3n) is 4.06. The number of rotatable bonds is 2. The van der Waals surface area contributed by atoms with Crippen molar-refractivity contribution in [3.63, 3.8) is 0 Å². The summed E-state index contributed by atoms with van der Waals surface area (Å²) in [5.41, 5.74) is -2.68. The molecule has 1 aromatic carbocycles. The Kier molecular flexibility index (Phi) is 5.00. The van der Waals surface area contributed by atoms with Crippen molar-refractivity contribution in [3.8, 4) is 0 Å². The number of carbonyl (C=O) groups is 1. The number of hydrogen-bond donors (Lipinski definition) is 1. The van der Waals surface area contributed by atoms with Crippen LogP contribution in [-0.2, 0) is 18.8 Å². The van der Waals surface area contributed by atoms with Crippen molar-refractivity contribution in [1.82, 2.24) is 4.90 Å². The fourth-order valence-corrected chi connectivity index (χ4v) is 2.80. The van der Waals surface area contributed by atoms with Gasteiger partial charge < -0.3 is 10.0 Å². The molecule has 3 nitrogen and oxygen atoms in total. The molecule has 9 heteroatoms. The molecule has 24 heavy (non-hydrogen) atoms. The van der Waals surface area contributed by atoms with E-state index in [0.29, 0.717) is 12.8 Å². The van der Waals surface area contributed by atoms with Gasteiger partial charge in [0.25, 0.3) is 0 Å². The van der Waals surface area contributed by atoms with E-state index in [4.69, 9.17) is 5.11 Å². The standard InChI is InChI=1S/C15H15F6NO2/c16-14(17,18)11-6-10(7-12(8-11)15(19,20)21)5-9-1-3-22(4-2-9)13(23)24/h6-9H,1-5H2,(H,23,24). The maximum Gasteiger partial charge on any atom is 0.416 e. The van der Waals surface area contributed by atoms with Gasteiger partial charge in [0.1, 0.15) is 0 Å². The smallest absolute Gasteiger partial charge is 0.416 e. The first kappa shape index (κ1) is 18.4. The molecule has 0 unspecified atom stereocenters. The Balaban J connectivity index is 2.19. The quantitative estimate of drug-likeness (QED) is 0.784. The fourth-order valence-electron chi connectivity index (χ4n) is 2.80. The Morgan fingerprint density at radius 3 is 1.83 bits per heavy atom. The second kappa shape index (κ2) is 6.52. The Morgan fingerprint density at radius 2 is 1.46 bits per heavy atom. The maximum absolute atomic E-state index is 12.8. The molecule has 1 aromatic rings. The van der Waals surface area contributed by atoms with Crippen LogP contribution in [-0.4, -0.2) is 29.2 Å². The molecule has 0 spiro atoms. The van der Waals surface area contributed by atoms with Crippen LogP contribution in [0.3, 0.4) is 0 Å². The summed E-state index contributed by atoms with van der Waals surface area (Å²) in [6, 6.07) is 1.58. The molecule has 0 bridgehead atoms. The van der Waals surface area contributed by atoms with Crippen molar-refractivity contribution in [1.29, 1.82) is 0 Å². The molecular formula is C15H15F6NO2. The van der Waals surface area contributed by atoms with E-state index in [9.17, 15) is 31.1 Å². The highest BCUT2D eigenvalue weighted by molar-refractivity contribution is 5.64. The Hall–Kier alpha value is -1.93. The molecule has 0 aliphatic carbocycles. The Morgan fingerprint density at radius 1 is 1.00 bits per heavy atom. The van der Waals surface area contributed by atoms with E-state index >= 15 is 0 Å². The van der Waals surface area contributed by atoms with Gasteiger partial charge in [-0.3, -0.25) is 0 Å². The van der Waals surface area contributed by atoms with Crippen LogP contribution in [0.5, 0.6) is 0 Å². The van der Waals surface area contributed by atoms with Crippen molar-refractivity contribution in [2.24, 2.45) is 5.92 Å². The lowest BCUT2D eigenvalue weighted by Gasteiger charge is -2.30. The number of halogens is 6. The predicted molar refractivity (Wildman–Crippen MR) is 72.5 cm³/mol. The van der Waals surface area contributed by atoms with Crippen LogP contribution in [0.25, 0.3) is 0 Å². The van der Waals surface area contributed by atoms with Crippen molar-refractivity contribution in [3.05, 3.63) is 34.9 Å². The van der Waals surface area contributed by atoms with Gasteiger partial charge in [-0.05, 0) is 48.9 Å². The molecule has 1 amide bonds. The summed E-state index contributed by atoms with van der Waals surface area (Å²) in [6.45, 7) is 0.455. The average molecular weight is 355 g/mol. The van der Waals surface area contributed by atoms with E-state index in [0.717, 1.165) is 12.1 Å². The molecule has 1 N–H and O–H groups in total. The minimum absolute atomic E-state index is 0.0362. The molecule has 1 saturated heterocycles. The van der Waals surface area contributed by atoms with Crippen LogP contribution < -0.4 is 0 Å². The molecular weight excluding hydrogens is 340 g/mol. The number of carboxylic acid groups (broad SMARTS) is 1. The van der Waals surface area contributed by atoms with Crippen molar-refractivity contribution in [2.45, 2.75) is 31.6 Å². The van der Waals surface area contributed by atoms with E-state index in [-0.39, 0.29) is 37.1 Å². The molecule has 1 heterocycles. The van der Waals surface area contributed by atoms with Gasteiger partial charge in [0.2, 0.25) is 0 Å². The zero-order chi connectivity index (χ0) is 18.1. The second-order valence-corrected chi connectivity index (χ2v) is 5.83. The largest absolute Gasteiger partial charge is 0.465 e. The number of amides is 1. The normalized spacial score (nSPS) is 17.2. The summed E-state index contributed by atoms with van der Waals surface area (Å²) in [5.74, 6) is -0.148. The Bertz CT molecular complexity index is 571. The van der Waals surface area contributed by atoms with Crippen LogP contribution in [0.15, 0.2) is 18.2 Å².